The molecule has 2 N–H and O–H groups in total. The van der Waals surface area contributed by atoms with Gasteiger partial charge in [0.1, 0.15) is 12.1 Å². The van der Waals surface area contributed by atoms with E-state index in [4.69, 9.17) is 0 Å². The van der Waals surface area contributed by atoms with Gasteiger partial charge in [-0.3, -0.25) is 10.1 Å². The maximum Gasteiger partial charge on any atom is 0.231 e. The zero-order valence-electron chi connectivity index (χ0n) is 15.7. The lowest BCUT2D eigenvalue weighted by molar-refractivity contribution is -0.120. The largest absolute Gasteiger partial charge is 0.356 e. The van der Waals surface area contributed by atoms with E-state index in [9.17, 15) is 4.79 Å². The van der Waals surface area contributed by atoms with Crippen molar-refractivity contribution < 1.29 is 4.79 Å². The monoisotopic (exact) mass is 388 g/mol. The van der Waals surface area contributed by atoms with Crippen LogP contribution in [0.4, 0.5) is 11.8 Å². The van der Waals surface area contributed by atoms with E-state index >= 15 is 0 Å². The smallest absolute Gasteiger partial charge is 0.231 e. The molecule has 1 aliphatic rings. The van der Waals surface area contributed by atoms with Crippen LogP contribution in [0.1, 0.15) is 12.8 Å². The number of benzene rings is 1. The molecule has 9 heteroatoms. The van der Waals surface area contributed by atoms with E-state index in [2.05, 4.69) is 35.3 Å². The molecule has 9 nitrogen and oxygen atoms in total. The van der Waals surface area contributed by atoms with Gasteiger partial charge in [-0.2, -0.15) is 5.10 Å². The lowest BCUT2D eigenvalue weighted by atomic mass is 9.97. The first kappa shape index (κ1) is 17.4. The summed E-state index contributed by atoms with van der Waals surface area (Å²) in [6.45, 7) is 1.45. The minimum Gasteiger partial charge on any atom is -0.356 e. The van der Waals surface area contributed by atoms with Crippen LogP contribution in [0.15, 0.2) is 55.1 Å². The van der Waals surface area contributed by atoms with Crippen molar-refractivity contribution in [2.24, 2.45) is 5.92 Å². The van der Waals surface area contributed by atoms with E-state index in [0.29, 0.717) is 18.3 Å². The predicted octanol–water partition coefficient (Wildman–Crippen LogP) is 2.39. The molecule has 1 saturated heterocycles. The Bertz CT molecular complexity index is 1100. The summed E-state index contributed by atoms with van der Waals surface area (Å²) in [5, 5.41) is 7.14. The van der Waals surface area contributed by atoms with Crippen LogP contribution in [-0.4, -0.2) is 48.7 Å². The number of anilines is 2. The molecule has 1 aliphatic heterocycles. The van der Waals surface area contributed by atoms with Gasteiger partial charge in [-0.1, -0.05) is 12.1 Å². The quantitative estimate of drug-likeness (QED) is 0.556. The Morgan fingerprint density at radius 1 is 1.17 bits per heavy atom. The zero-order chi connectivity index (χ0) is 19.6. The molecule has 146 valence electrons. The van der Waals surface area contributed by atoms with Crippen LogP contribution in [0.25, 0.3) is 16.9 Å². The van der Waals surface area contributed by atoms with Crippen molar-refractivity contribution in [1.82, 2.24) is 29.7 Å². The van der Waals surface area contributed by atoms with Gasteiger partial charge in [0.25, 0.3) is 0 Å². The molecule has 1 amide bonds. The fraction of sp³-hybridized carbons (Fsp3) is 0.250. The molecule has 0 radical (unpaired) electrons. The van der Waals surface area contributed by atoms with Crippen LogP contribution in [-0.2, 0) is 4.79 Å². The number of carbonyl (C=O) groups is 1. The summed E-state index contributed by atoms with van der Waals surface area (Å²) >= 11 is 0. The van der Waals surface area contributed by atoms with Gasteiger partial charge < -0.3 is 9.88 Å². The summed E-state index contributed by atoms with van der Waals surface area (Å²) in [6.07, 6.45) is 6.83. The normalized spacial score (nSPS) is 16.8. The summed E-state index contributed by atoms with van der Waals surface area (Å²) in [6, 6.07) is 11.5. The minimum atomic E-state index is -0.139. The number of H-pyrrole nitrogens is 1. The second-order valence-electron chi connectivity index (χ2n) is 7.06. The number of aromatic nitrogens is 6. The second kappa shape index (κ2) is 7.34. The first-order valence-corrected chi connectivity index (χ1v) is 9.59. The third-order valence-electron chi connectivity index (χ3n) is 5.12. The number of hydrogen-bond donors (Lipinski definition) is 2. The molecular weight excluding hydrogens is 368 g/mol. The summed E-state index contributed by atoms with van der Waals surface area (Å²) in [4.78, 5) is 31.2. The number of nitrogens with zero attached hydrogens (tertiary/aromatic N) is 6. The van der Waals surface area contributed by atoms with Gasteiger partial charge >= 0.3 is 0 Å². The highest BCUT2D eigenvalue weighted by molar-refractivity contribution is 5.93. The molecule has 3 aromatic heterocycles. The van der Waals surface area contributed by atoms with Crippen molar-refractivity contribution in [1.29, 1.82) is 0 Å². The lowest BCUT2D eigenvalue weighted by Crippen LogP contribution is -2.41. The first-order chi connectivity index (χ1) is 14.3. The summed E-state index contributed by atoms with van der Waals surface area (Å²) in [5.74, 6) is 1.81. The van der Waals surface area contributed by atoms with E-state index in [1.54, 1.807) is 10.9 Å². The Balaban J connectivity index is 1.30. The van der Waals surface area contributed by atoms with Gasteiger partial charge in [-0.15, -0.1) is 0 Å². The summed E-state index contributed by atoms with van der Waals surface area (Å²) < 4.78 is 1.70. The fourth-order valence-corrected chi connectivity index (χ4v) is 3.67. The highest BCUT2D eigenvalue weighted by Crippen LogP contribution is 2.24. The highest BCUT2D eigenvalue weighted by atomic mass is 16.2. The third-order valence-corrected chi connectivity index (χ3v) is 5.12. The molecule has 1 aromatic carbocycles. The molecule has 5 rings (SSSR count). The lowest BCUT2D eigenvalue weighted by Gasteiger charge is -2.32. The van der Waals surface area contributed by atoms with Crippen LogP contribution < -0.4 is 10.2 Å². The number of rotatable bonds is 4. The Morgan fingerprint density at radius 2 is 2.07 bits per heavy atom. The molecule has 29 heavy (non-hydrogen) atoms. The van der Waals surface area contributed by atoms with Gasteiger partial charge in [-0.05, 0) is 31.0 Å². The van der Waals surface area contributed by atoms with Gasteiger partial charge in [0.2, 0.25) is 11.9 Å². The van der Waals surface area contributed by atoms with Crippen molar-refractivity contribution in [3.8, 4) is 5.82 Å². The SMILES string of the molecule is O=C(Nc1nc2ccccc2[nH]1)[C@H]1CCCN(c2cc(-n3cccn3)ncn2)C1. The van der Waals surface area contributed by atoms with Crippen LogP contribution in [0, 0.1) is 5.92 Å². The van der Waals surface area contributed by atoms with Crippen molar-refractivity contribution in [3.63, 3.8) is 0 Å². The van der Waals surface area contributed by atoms with Crippen molar-refractivity contribution in [2.45, 2.75) is 12.8 Å². The molecule has 0 unspecified atom stereocenters. The Hall–Kier alpha value is -3.75. The number of carbonyl (C=O) groups excluding carboxylic acids is 1. The molecule has 4 aromatic rings. The number of para-hydroxylation sites is 2. The standard InChI is InChI=1S/C20H20N8O/c29-19(26-20-24-15-6-1-2-7-16(15)25-20)14-5-3-9-27(12-14)17-11-18(22-13-21-17)28-10-4-8-23-28/h1-2,4,6-8,10-11,13-14H,3,5,9,12H2,(H2,24,25,26,29)/t14-/m0/s1. The molecule has 0 bridgehead atoms. The molecular formula is C20H20N8O. The highest BCUT2D eigenvalue weighted by Gasteiger charge is 2.27. The first-order valence-electron chi connectivity index (χ1n) is 9.59. The zero-order valence-corrected chi connectivity index (χ0v) is 15.7. The van der Waals surface area contributed by atoms with Gasteiger partial charge in [0.05, 0.1) is 17.0 Å². The van der Waals surface area contributed by atoms with E-state index < -0.39 is 0 Å². The number of imidazole rings is 1. The van der Waals surface area contributed by atoms with Crippen molar-refractivity contribution in [2.75, 3.05) is 23.3 Å². The average Bonchev–Trinajstić information content (AvgIpc) is 3.43. The van der Waals surface area contributed by atoms with Gasteiger partial charge in [-0.25, -0.2) is 19.6 Å². The molecule has 0 spiro atoms. The Morgan fingerprint density at radius 3 is 2.93 bits per heavy atom. The average molecular weight is 388 g/mol. The van der Waals surface area contributed by atoms with Crippen LogP contribution in [0.3, 0.4) is 0 Å². The van der Waals surface area contributed by atoms with Crippen LogP contribution >= 0.6 is 0 Å². The van der Waals surface area contributed by atoms with E-state index in [1.165, 1.54) is 6.33 Å². The third kappa shape index (κ3) is 3.54. The van der Waals surface area contributed by atoms with Crippen LogP contribution in [0.2, 0.25) is 0 Å². The molecule has 4 heterocycles. The summed E-state index contributed by atoms with van der Waals surface area (Å²) in [5.41, 5.74) is 1.74. The van der Waals surface area contributed by atoms with Crippen molar-refractivity contribution >= 4 is 28.7 Å². The maximum absolute atomic E-state index is 12.8. The second-order valence-corrected chi connectivity index (χ2v) is 7.06. The number of hydrogen-bond acceptors (Lipinski definition) is 6. The Labute approximate surface area is 166 Å². The Kier molecular flexibility index (Phi) is 4.39. The van der Waals surface area contributed by atoms with Gasteiger partial charge in [0.15, 0.2) is 5.82 Å². The number of amides is 1. The topological polar surface area (TPSA) is 105 Å². The van der Waals surface area contributed by atoms with Crippen molar-refractivity contribution in [3.05, 3.63) is 55.1 Å². The van der Waals surface area contributed by atoms with E-state index in [0.717, 1.165) is 36.2 Å². The molecule has 0 aliphatic carbocycles. The number of nitrogens with one attached hydrogen (secondary N) is 2. The van der Waals surface area contributed by atoms with Crippen LogP contribution in [0.5, 0.6) is 0 Å². The number of fused-ring (bicyclic) bond motifs is 1. The summed E-state index contributed by atoms with van der Waals surface area (Å²) in [7, 11) is 0. The molecule has 1 atom stereocenters. The number of piperidine rings is 1. The molecule has 1 fully saturated rings. The van der Waals surface area contributed by atoms with E-state index in [1.807, 2.05) is 42.6 Å². The van der Waals surface area contributed by atoms with Gasteiger partial charge in [0, 0.05) is 31.5 Å². The van der Waals surface area contributed by atoms with E-state index in [-0.39, 0.29) is 11.8 Å². The number of aromatic amines is 1. The minimum absolute atomic E-state index is 0.0323. The fourth-order valence-electron chi connectivity index (χ4n) is 3.67. The predicted molar refractivity (Wildman–Crippen MR) is 109 cm³/mol. The maximum atomic E-state index is 12.8. The molecule has 0 saturated carbocycles.